The van der Waals surface area contributed by atoms with E-state index in [0.717, 1.165) is 12.8 Å². The molecule has 5 nitrogen and oxygen atoms in total. The molecular weight excluding hydrogens is 268 g/mol. The molecule has 3 atom stereocenters. The van der Waals surface area contributed by atoms with Crippen molar-refractivity contribution >= 4 is 11.8 Å². The number of rotatable bonds is 0. The van der Waals surface area contributed by atoms with Gasteiger partial charge >= 0.3 is 0 Å². The molecule has 1 aliphatic heterocycles. The molecule has 1 heterocycles. The molecule has 1 rings (SSSR count). The van der Waals surface area contributed by atoms with E-state index in [1.807, 2.05) is 13.8 Å². The van der Waals surface area contributed by atoms with Crippen LogP contribution in [0.4, 0.5) is 0 Å². The minimum absolute atomic E-state index is 0.00414. The molecule has 0 aliphatic carbocycles. The Morgan fingerprint density at radius 3 is 2.67 bits per heavy atom. The molecule has 1 saturated heterocycles. The SMILES string of the molecule is C[C@H]1CN(C)C(=O)CCNC(=O)[C@H](C)CCC[C@](C)(O)C1. The van der Waals surface area contributed by atoms with Gasteiger partial charge in [0.15, 0.2) is 0 Å². The first-order chi connectivity index (χ1) is 9.71. The van der Waals surface area contributed by atoms with Crippen LogP contribution in [-0.4, -0.2) is 47.6 Å². The molecule has 21 heavy (non-hydrogen) atoms. The van der Waals surface area contributed by atoms with E-state index >= 15 is 0 Å². The summed E-state index contributed by atoms with van der Waals surface area (Å²) in [5.74, 6) is 0.208. The molecule has 1 fully saturated rings. The van der Waals surface area contributed by atoms with Gasteiger partial charge in [0, 0.05) is 32.5 Å². The highest BCUT2D eigenvalue weighted by atomic mass is 16.3. The lowest BCUT2D eigenvalue weighted by atomic mass is 9.87. The molecular formula is C16H30N2O3. The quantitative estimate of drug-likeness (QED) is 0.713. The summed E-state index contributed by atoms with van der Waals surface area (Å²) in [5, 5.41) is 13.3. The standard InChI is InChI=1S/C16H30N2O3/c1-12-10-16(3,21)8-5-6-13(2)15(20)17-9-7-14(19)18(4)11-12/h12-13,21H,5-11H2,1-4H3,(H,17,20)/t12-,13-,16+/m1/s1. The number of carbonyl (C=O) groups is 2. The van der Waals surface area contributed by atoms with Gasteiger partial charge in [-0.1, -0.05) is 13.8 Å². The zero-order chi connectivity index (χ0) is 16.0. The molecule has 0 bridgehead atoms. The Morgan fingerprint density at radius 1 is 1.33 bits per heavy atom. The smallest absolute Gasteiger partial charge is 0.224 e. The van der Waals surface area contributed by atoms with Crippen LogP contribution in [0.2, 0.25) is 0 Å². The van der Waals surface area contributed by atoms with Crippen molar-refractivity contribution in [2.75, 3.05) is 20.1 Å². The van der Waals surface area contributed by atoms with Crippen LogP contribution < -0.4 is 5.32 Å². The number of carbonyl (C=O) groups excluding carboxylic acids is 2. The van der Waals surface area contributed by atoms with Crippen LogP contribution in [0.1, 0.15) is 52.9 Å². The summed E-state index contributed by atoms with van der Waals surface area (Å²) < 4.78 is 0. The lowest BCUT2D eigenvalue weighted by Crippen LogP contribution is -2.38. The first-order valence-electron chi connectivity index (χ1n) is 7.95. The summed E-state index contributed by atoms with van der Waals surface area (Å²) in [5.41, 5.74) is -0.733. The Kier molecular flexibility index (Phi) is 6.65. The first kappa shape index (κ1) is 18.0. The van der Waals surface area contributed by atoms with Gasteiger partial charge in [-0.3, -0.25) is 9.59 Å². The average Bonchev–Trinajstić information content (AvgIpc) is 2.35. The largest absolute Gasteiger partial charge is 0.390 e. The van der Waals surface area contributed by atoms with Gasteiger partial charge in [0.05, 0.1) is 5.60 Å². The van der Waals surface area contributed by atoms with Crippen LogP contribution in [0.25, 0.3) is 0 Å². The van der Waals surface area contributed by atoms with Gasteiger partial charge in [0.1, 0.15) is 0 Å². The van der Waals surface area contributed by atoms with Crippen molar-refractivity contribution in [2.45, 2.75) is 58.5 Å². The molecule has 0 aromatic rings. The highest BCUT2D eigenvalue weighted by Gasteiger charge is 2.25. The maximum absolute atomic E-state index is 12.0. The van der Waals surface area contributed by atoms with Gasteiger partial charge in [-0.15, -0.1) is 0 Å². The molecule has 5 heteroatoms. The van der Waals surface area contributed by atoms with Crippen molar-refractivity contribution in [3.05, 3.63) is 0 Å². The Morgan fingerprint density at radius 2 is 2.00 bits per heavy atom. The highest BCUT2D eigenvalue weighted by molar-refractivity contribution is 5.80. The molecule has 0 aromatic heterocycles. The van der Waals surface area contributed by atoms with Gasteiger partial charge in [-0.05, 0) is 38.5 Å². The third kappa shape index (κ3) is 6.46. The monoisotopic (exact) mass is 298 g/mol. The summed E-state index contributed by atoms with van der Waals surface area (Å²) in [6, 6.07) is 0. The molecule has 2 N–H and O–H groups in total. The van der Waals surface area contributed by atoms with E-state index in [0.29, 0.717) is 32.4 Å². The summed E-state index contributed by atoms with van der Waals surface area (Å²) >= 11 is 0. The Balaban J connectivity index is 2.71. The van der Waals surface area contributed by atoms with Crippen LogP contribution in [0.15, 0.2) is 0 Å². The van der Waals surface area contributed by atoms with Gasteiger partial charge in [0.2, 0.25) is 11.8 Å². The van der Waals surface area contributed by atoms with Gasteiger partial charge in [-0.2, -0.15) is 0 Å². The Labute approximate surface area is 128 Å². The second-order valence-corrected chi connectivity index (χ2v) is 6.91. The second kappa shape index (κ2) is 7.78. The number of nitrogens with zero attached hydrogens (tertiary/aromatic N) is 1. The molecule has 0 aromatic carbocycles. The third-order valence-electron chi connectivity index (χ3n) is 4.24. The number of amides is 2. The van der Waals surface area contributed by atoms with Crippen molar-refractivity contribution in [2.24, 2.45) is 11.8 Å². The van der Waals surface area contributed by atoms with E-state index in [2.05, 4.69) is 12.2 Å². The first-order valence-corrected chi connectivity index (χ1v) is 7.95. The summed E-state index contributed by atoms with van der Waals surface area (Å²) in [4.78, 5) is 25.6. The zero-order valence-electron chi connectivity index (χ0n) is 13.8. The predicted octanol–water partition coefficient (Wildman–Crippen LogP) is 1.55. The van der Waals surface area contributed by atoms with Crippen molar-refractivity contribution in [3.8, 4) is 0 Å². The molecule has 122 valence electrons. The number of hydrogen-bond donors (Lipinski definition) is 2. The summed E-state index contributed by atoms with van der Waals surface area (Å²) in [7, 11) is 1.78. The fourth-order valence-electron chi connectivity index (χ4n) is 3.06. The Bertz CT molecular complexity index is 369. The van der Waals surface area contributed by atoms with Gasteiger partial charge in [-0.25, -0.2) is 0 Å². The van der Waals surface area contributed by atoms with Crippen LogP contribution in [0, 0.1) is 11.8 Å². The van der Waals surface area contributed by atoms with Crippen LogP contribution >= 0.6 is 0 Å². The molecule has 1 aliphatic rings. The molecule has 0 unspecified atom stereocenters. The number of aliphatic hydroxyl groups is 1. The lowest BCUT2D eigenvalue weighted by molar-refractivity contribution is -0.131. The van der Waals surface area contributed by atoms with Crippen molar-refractivity contribution in [1.82, 2.24) is 10.2 Å². The predicted molar refractivity (Wildman–Crippen MR) is 82.7 cm³/mol. The maximum atomic E-state index is 12.0. The van der Waals surface area contributed by atoms with Gasteiger partial charge < -0.3 is 15.3 Å². The summed E-state index contributed by atoms with van der Waals surface area (Å²) in [6.45, 7) is 6.85. The Hall–Kier alpha value is -1.10. The fourth-order valence-corrected chi connectivity index (χ4v) is 3.06. The highest BCUT2D eigenvalue weighted by Crippen LogP contribution is 2.24. The molecule has 0 radical (unpaired) electrons. The average molecular weight is 298 g/mol. The minimum Gasteiger partial charge on any atom is -0.390 e. The molecule has 2 amide bonds. The number of hydrogen-bond acceptors (Lipinski definition) is 3. The van der Waals surface area contributed by atoms with Crippen molar-refractivity contribution < 1.29 is 14.7 Å². The van der Waals surface area contributed by atoms with E-state index in [9.17, 15) is 14.7 Å². The molecule has 0 saturated carbocycles. The van der Waals surface area contributed by atoms with Crippen molar-refractivity contribution in [1.29, 1.82) is 0 Å². The zero-order valence-corrected chi connectivity index (χ0v) is 13.8. The van der Waals surface area contributed by atoms with Crippen LogP contribution in [0.5, 0.6) is 0 Å². The van der Waals surface area contributed by atoms with Crippen LogP contribution in [-0.2, 0) is 9.59 Å². The van der Waals surface area contributed by atoms with E-state index < -0.39 is 5.60 Å². The maximum Gasteiger partial charge on any atom is 0.224 e. The van der Waals surface area contributed by atoms with E-state index in [1.54, 1.807) is 11.9 Å². The van der Waals surface area contributed by atoms with Crippen molar-refractivity contribution in [3.63, 3.8) is 0 Å². The topological polar surface area (TPSA) is 69.6 Å². The second-order valence-electron chi connectivity index (χ2n) is 6.91. The van der Waals surface area contributed by atoms with E-state index in [-0.39, 0.29) is 23.7 Å². The third-order valence-corrected chi connectivity index (χ3v) is 4.24. The lowest BCUT2D eigenvalue weighted by Gasteiger charge is -2.30. The van der Waals surface area contributed by atoms with E-state index in [4.69, 9.17) is 0 Å². The minimum atomic E-state index is -0.733. The fraction of sp³-hybridized carbons (Fsp3) is 0.875. The van der Waals surface area contributed by atoms with E-state index in [1.165, 1.54) is 0 Å². The van der Waals surface area contributed by atoms with Crippen LogP contribution in [0.3, 0.4) is 0 Å². The van der Waals surface area contributed by atoms with Gasteiger partial charge in [0.25, 0.3) is 0 Å². The molecule has 0 spiro atoms. The normalized spacial score (nSPS) is 34.2. The summed E-state index contributed by atoms with van der Waals surface area (Å²) in [6.07, 6.45) is 3.29. The number of nitrogens with one attached hydrogen (secondary N) is 1.